The topological polar surface area (TPSA) is 26.3 Å². The average molecular weight is 346 g/mol. The second kappa shape index (κ2) is 7.16. The van der Waals surface area contributed by atoms with Crippen molar-refractivity contribution >= 4 is 17.7 Å². The van der Waals surface area contributed by atoms with Crippen molar-refractivity contribution in [1.82, 2.24) is 0 Å². The van der Waals surface area contributed by atoms with Crippen molar-refractivity contribution in [3.05, 3.63) is 102 Å². The molecule has 0 saturated heterocycles. The number of thioether (sulfide) groups is 1. The molecule has 1 aliphatic rings. The van der Waals surface area contributed by atoms with Crippen molar-refractivity contribution < 1.29 is 9.53 Å². The van der Waals surface area contributed by atoms with Crippen LogP contribution in [0.1, 0.15) is 39.3 Å². The third-order valence-electron chi connectivity index (χ3n) is 4.39. The van der Waals surface area contributed by atoms with Gasteiger partial charge in [0.2, 0.25) is 0 Å². The highest BCUT2D eigenvalue weighted by Gasteiger charge is 2.31. The van der Waals surface area contributed by atoms with E-state index >= 15 is 0 Å². The van der Waals surface area contributed by atoms with Gasteiger partial charge in [-0.3, -0.25) is 0 Å². The first kappa shape index (κ1) is 16.0. The SMILES string of the molecule is O=C(O[C@@H]1C[C@@H](c2ccccc2)Sc2ccccc21)c1ccccc1. The van der Waals surface area contributed by atoms with Crippen LogP contribution in [0.4, 0.5) is 0 Å². The number of carbonyl (C=O) groups excluding carboxylic acids is 1. The molecule has 0 aliphatic carbocycles. The fraction of sp³-hybridized carbons (Fsp3) is 0.136. The van der Waals surface area contributed by atoms with E-state index in [0.29, 0.717) is 5.56 Å². The average Bonchev–Trinajstić information content (AvgIpc) is 2.69. The van der Waals surface area contributed by atoms with Gasteiger partial charge in [-0.1, -0.05) is 66.7 Å². The van der Waals surface area contributed by atoms with Crippen LogP contribution < -0.4 is 0 Å². The van der Waals surface area contributed by atoms with Gasteiger partial charge in [0.1, 0.15) is 6.10 Å². The smallest absolute Gasteiger partial charge is 0.338 e. The highest BCUT2D eigenvalue weighted by molar-refractivity contribution is 7.99. The molecule has 1 heterocycles. The van der Waals surface area contributed by atoms with Gasteiger partial charge in [0.05, 0.1) is 5.56 Å². The lowest BCUT2D eigenvalue weighted by Gasteiger charge is -2.31. The Bertz CT molecular complexity index is 861. The summed E-state index contributed by atoms with van der Waals surface area (Å²) in [4.78, 5) is 13.7. The molecule has 124 valence electrons. The van der Waals surface area contributed by atoms with Crippen LogP contribution in [0, 0.1) is 0 Å². The lowest BCUT2D eigenvalue weighted by molar-refractivity contribution is 0.0264. The van der Waals surface area contributed by atoms with Crippen molar-refractivity contribution in [3.63, 3.8) is 0 Å². The Morgan fingerprint density at radius 1 is 0.840 bits per heavy atom. The molecule has 3 aromatic rings. The van der Waals surface area contributed by atoms with Crippen LogP contribution in [-0.2, 0) is 4.74 Å². The minimum Gasteiger partial charge on any atom is -0.454 e. The zero-order valence-corrected chi connectivity index (χ0v) is 14.5. The summed E-state index contributed by atoms with van der Waals surface area (Å²) in [5.41, 5.74) is 2.96. The maximum atomic E-state index is 12.5. The lowest BCUT2D eigenvalue weighted by atomic mass is 9.99. The van der Waals surface area contributed by atoms with E-state index in [-0.39, 0.29) is 17.3 Å². The fourth-order valence-corrected chi connectivity index (χ4v) is 4.49. The summed E-state index contributed by atoms with van der Waals surface area (Å²) in [5.74, 6) is -0.265. The summed E-state index contributed by atoms with van der Waals surface area (Å²) < 4.78 is 5.90. The Hall–Kier alpha value is -2.52. The van der Waals surface area contributed by atoms with Gasteiger partial charge in [-0.25, -0.2) is 4.79 Å². The number of fused-ring (bicyclic) bond motifs is 1. The van der Waals surface area contributed by atoms with Gasteiger partial charge in [-0.05, 0) is 23.8 Å². The molecular weight excluding hydrogens is 328 g/mol. The summed E-state index contributed by atoms with van der Waals surface area (Å²) in [6.45, 7) is 0. The minimum atomic E-state index is -0.265. The molecule has 0 bridgehead atoms. The van der Waals surface area contributed by atoms with Gasteiger partial charge in [-0.15, -0.1) is 11.8 Å². The highest BCUT2D eigenvalue weighted by Crippen LogP contribution is 2.49. The number of hydrogen-bond donors (Lipinski definition) is 0. The first-order valence-electron chi connectivity index (χ1n) is 8.38. The zero-order chi connectivity index (χ0) is 17.1. The second-order valence-corrected chi connectivity index (χ2v) is 7.30. The van der Waals surface area contributed by atoms with Crippen LogP contribution in [0.5, 0.6) is 0 Å². The molecule has 4 rings (SSSR count). The molecule has 0 amide bonds. The molecule has 0 radical (unpaired) electrons. The minimum absolute atomic E-state index is 0.227. The largest absolute Gasteiger partial charge is 0.454 e. The summed E-state index contributed by atoms with van der Waals surface area (Å²) in [7, 11) is 0. The summed E-state index contributed by atoms with van der Waals surface area (Å²) >= 11 is 1.85. The molecular formula is C22H18O2S. The number of hydrogen-bond acceptors (Lipinski definition) is 3. The quantitative estimate of drug-likeness (QED) is 0.559. The number of benzene rings is 3. The molecule has 0 saturated carbocycles. The van der Waals surface area contributed by atoms with E-state index in [0.717, 1.165) is 12.0 Å². The molecule has 3 heteroatoms. The first-order chi connectivity index (χ1) is 12.3. The van der Waals surface area contributed by atoms with Crippen molar-refractivity contribution in [1.29, 1.82) is 0 Å². The molecule has 0 aromatic heterocycles. The molecule has 0 fully saturated rings. The predicted molar refractivity (Wildman–Crippen MR) is 101 cm³/mol. The first-order valence-corrected chi connectivity index (χ1v) is 9.26. The number of esters is 1. The Balaban J connectivity index is 1.62. The third-order valence-corrected chi connectivity index (χ3v) is 5.77. The van der Waals surface area contributed by atoms with Crippen LogP contribution in [0.15, 0.2) is 89.8 Å². The van der Waals surface area contributed by atoms with Crippen LogP contribution in [0.2, 0.25) is 0 Å². The van der Waals surface area contributed by atoms with Crippen molar-refractivity contribution in [3.8, 4) is 0 Å². The number of carbonyl (C=O) groups is 1. The van der Waals surface area contributed by atoms with E-state index in [1.807, 2.05) is 48.2 Å². The van der Waals surface area contributed by atoms with E-state index in [4.69, 9.17) is 4.74 Å². The predicted octanol–water partition coefficient (Wildman–Crippen LogP) is 5.82. The van der Waals surface area contributed by atoms with E-state index in [1.54, 1.807) is 12.1 Å². The maximum Gasteiger partial charge on any atom is 0.338 e. The summed E-state index contributed by atoms with van der Waals surface area (Å²) in [5, 5.41) is 0.282. The summed E-state index contributed by atoms with van der Waals surface area (Å²) in [6.07, 6.45) is 0.555. The number of rotatable bonds is 3. The van der Waals surface area contributed by atoms with Gasteiger partial charge in [0, 0.05) is 22.1 Å². The maximum absolute atomic E-state index is 12.5. The van der Waals surface area contributed by atoms with Crippen molar-refractivity contribution in [2.75, 3.05) is 0 Å². The van der Waals surface area contributed by atoms with Gasteiger partial charge in [0.15, 0.2) is 0 Å². The van der Waals surface area contributed by atoms with Gasteiger partial charge in [0.25, 0.3) is 0 Å². The van der Waals surface area contributed by atoms with Crippen LogP contribution in [-0.4, -0.2) is 5.97 Å². The standard InChI is InChI=1S/C22H18O2S/c23-22(17-11-5-2-6-12-17)24-19-15-21(16-9-3-1-4-10-16)25-20-14-8-7-13-18(19)20/h1-14,19,21H,15H2/t19-,21+/m1/s1. The summed E-state index contributed by atoms with van der Waals surface area (Å²) in [6, 6.07) is 27.8. The Kier molecular flexibility index (Phi) is 4.57. The highest BCUT2D eigenvalue weighted by atomic mass is 32.2. The van der Waals surface area contributed by atoms with Gasteiger partial charge in [-0.2, -0.15) is 0 Å². The lowest BCUT2D eigenvalue weighted by Crippen LogP contribution is -2.17. The van der Waals surface area contributed by atoms with Gasteiger partial charge < -0.3 is 4.74 Å². The number of ether oxygens (including phenoxy) is 1. The molecule has 2 nitrogen and oxygen atoms in total. The Morgan fingerprint density at radius 2 is 1.48 bits per heavy atom. The zero-order valence-electron chi connectivity index (χ0n) is 13.7. The third kappa shape index (κ3) is 3.47. The van der Waals surface area contributed by atoms with E-state index in [1.165, 1.54) is 10.5 Å². The second-order valence-electron chi connectivity index (χ2n) is 6.05. The molecule has 2 atom stereocenters. The van der Waals surface area contributed by atoms with Crippen LogP contribution in [0.3, 0.4) is 0 Å². The normalized spacial score (nSPS) is 19.0. The molecule has 3 aromatic carbocycles. The monoisotopic (exact) mass is 346 g/mol. The molecule has 25 heavy (non-hydrogen) atoms. The fourth-order valence-electron chi connectivity index (χ4n) is 3.13. The molecule has 1 aliphatic heterocycles. The van der Waals surface area contributed by atoms with Gasteiger partial charge >= 0.3 is 5.97 Å². The van der Waals surface area contributed by atoms with E-state index in [2.05, 4.69) is 36.4 Å². The van der Waals surface area contributed by atoms with Crippen molar-refractivity contribution in [2.45, 2.75) is 22.7 Å². The Labute approximate surface area is 151 Å². The molecule has 0 spiro atoms. The van der Waals surface area contributed by atoms with E-state index in [9.17, 15) is 4.79 Å². The molecule has 0 N–H and O–H groups in total. The Morgan fingerprint density at radius 3 is 2.24 bits per heavy atom. The molecule has 0 unspecified atom stereocenters. The van der Waals surface area contributed by atoms with Crippen LogP contribution in [0.25, 0.3) is 0 Å². The van der Waals surface area contributed by atoms with Crippen molar-refractivity contribution in [2.24, 2.45) is 0 Å². The van der Waals surface area contributed by atoms with Crippen LogP contribution >= 0.6 is 11.8 Å². The van der Waals surface area contributed by atoms with E-state index < -0.39 is 0 Å².